The molecule has 3 aromatic rings. The lowest BCUT2D eigenvalue weighted by atomic mass is 10.0. The van der Waals surface area contributed by atoms with Crippen molar-refractivity contribution < 1.29 is 9.59 Å². The summed E-state index contributed by atoms with van der Waals surface area (Å²) in [6, 6.07) is 21.8. The first kappa shape index (κ1) is 23.0. The number of likely N-dealkylation sites (tertiary alicyclic amines) is 1. The average molecular weight is 463 g/mol. The first-order valence-electron chi connectivity index (χ1n) is 11.4. The number of nitrogens with zero attached hydrogens (tertiary/aromatic N) is 1. The number of benzene rings is 2. The molecule has 3 amide bonds. The molecule has 1 atom stereocenters. The maximum Gasteiger partial charge on any atom is 0.319 e. The number of thiophene rings is 1. The Labute approximate surface area is 199 Å². The Morgan fingerprint density at radius 2 is 1.82 bits per heavy atom. The van der Waals surface area contributed by atoms with Crippen LogP contribution in [0.2, 0.25) is 0 Å². The van der Waals surface area contributed by atoms with E-state index in [-0.39, 0.29) is 18.0 Å². The van der Waals surface area contributed by atoms with Crippen LogP contribution in [-0.4, -0.2) is 36.0 Å². The zero-order valence-electron chi connectivity index (χ0n) is 18.8. The third-order valence-corrected chi connectivity index (χ3v) is 6.96. The molecule has 0 radical (unpaired) electrons. The number of hydrogen-bond acceptors (Lipinski definition) is 4. The predicted octanol–water partition coefficient (Wildman–Crippen LogP) is 5.03. The summed E-state index contributed by atoms with van der Waals surface area (Å²) in [5.41, 5.74) is 2.44. The third-order valence-electron chi connectivity index (χ3n) is 6.08. The lowest BCUT2D eigenvalue weighted by Crippen LogP contribution is -2.46. The monoisotopic (exact) mass is 462 g/mol. The number of piperidine rings is 1. The Morgan fingerprint density at radius 1 is 1.03 bits per heavy atom. The number of carbonyl (C=O) groups is 2. The summed E-state index contributed by atoms with van der Waals surface area (Å²) in [6.45, 7) is 4.62. The molecule has 0 spiro atoms. The summed E-state index contributed by atoms with van der Waals surface area (Å²) in [7, 11) is 0. The Morgan fingerprint density at radius 3 is 2.55 bits per heavy atom. The maximum absolute atomic E-state index is 12.5. The number of nitrogens with one attached hydrogen (secondary N) is 3. The molecule has 1 saturated heterocycles. The van der Waals surface area contributed by atoms with Gasteiger partial charge in [-0.1, -0.05) is 42.5 Å². The first-order chi connectivity index (χ1) is 16.1. The van der Waals surface area contributed by atoms with Crippen molar-refractivity contribution >= 4 is 29.0 Å². The van der Waals surface area contributed by atoms with Gasteiger partial charge in [0.2, 0.25) is 0 Å². The van der Waals surface area contributed by atoms with Gasteiger partial charge in [-0.25, -0.2) is 4.79 Å². The summed E-state index contributed by atoms with van der Waals surface area (Å²) in [5.74, 6) is -0.160. The lowest BCUT2D eigenvalue weighted by molar-refractivity contribution is 0.0951. The van der Waals surface area contributed by atoms with Gasteiger partial charge in [0.25, 0.3) is 5.91 Å². The quantitative estimate of drug-likeness (QED) is 0.461. The topological polar surface area (TPSA) is 73.5 Å². The number of hydrogen-bond donors (Lipinski definition) is 3. The SMILES string of the molecule is CC(c1ccccc1)N1CCC(NC(=O)Nc2cccc(C(=O)NCc3cccs3)c2)CC1. The fourth-order valence-electron chi connectivity index (χ4n) is 4.15. The van der Waals surface area contributed by atoms with E-state index in [1.807, 2.05) is 23.6 Å². The molecule has 1 aliphatic heterocycles. The fourth-order valence-corrected chi connectivity index (χ4v) is 4.79. The minimum atomic E-state index is -0.235. The van der Waals surface area contributed by atoms with Crippen LogP contribution in [-0.2, 0) is 6.54 Å². The maximum atomic E-state index is 12.5. The molecule has 7 heteroatoms. The van der Waals surface area contributed by atoms with Crippen LogP contribution in [0, 0.1) is 0 Å². The molecule has 2 aromatic carbocycles. The van der Waals surface area contributed by atoms with Gasteiger partial charge in [-0.2, -0.15) is 0 Å². The van der Waals surface area contributed by atoms with E-state index in [0.29, 0.717) is 23.8 Å². The van der Waals surface area contributed by atoms with E-state index >= 15 is 0 Å². The second kappa shape index (κ2) is 11.1. The largest absolute Gasteiger partial charge is 0.347 e. The van der Waals surface area contributed by atoms with Gasteiger partial charge in [0.1, 0.15) is 0 Å². The van der Waals surface area contributed by atoms with Crippen LogP contribution in [0.15, 0.2) is 72.1 Å². The van der Waals surface area contributed by atoms with E-state index in [2.05, 4.69) is 52.0 Å². The van der Waals surface area contributed by atoms with E-state index < -0.39 is 0 Å². The van der Waals surface area contributed by atoms with Crippen molar-refractivity contribution in [1.29, 1.82) is 0 Å². The molecule has 1 fully saturated rings. The van der Waals surface area contributed by atoms with E-state index in [0.717, 1.165) is 30.8 Å². The zero-order chi connectivity index (χ0) is 23.0. The molecule has 0 aliphatic carbocycles. The molecule has 0 bridgehead atoms. The third kappa shape index (κ3) is 6.43. The van der Waals surface area contributed by atoms with Crippen LogP contribution in [0.4, 0.5) is 10.5 Å². The number of anilines is 1. The predicted molar refractivity (Wildman–Crippen MR) is 134 cm³/mol. The van der Waals surface area contributed by atoms with Crippen molar-refractivity contribution in [3.63, 3.8) is 0 Å². The molecule has 4 rings (SSSR count). The van der Waals surface area contributed by atoms with Gasteiger partial charge in [0, 0.05) is 41.3 Å². The van der Waals surface area contributed by atoms with Gasteiger partial charge in [-0.05, 0) is 55.0 Å². The van der Waals surface area contributed by atoms with Crippen LogP contribution in [0.3, 0.4) is 0 Å². The fraction of sp³-hybridized carbons (Fsp3) is 0.308. The highest BCUT2D eigenvalue weighted by atomic mass is 32.1. The molecule has 1 unspecified atom stereocenters. The van der Waals surface area contributed by atoms with Crippen LogP contribution in [0.5, 0.6) is 0 Å². The summed E-state index contributed by atoms with van der Waals surface area (Å²) < 4.78 is 0. The number of urea groups is 1. The second-order valence-electron chi connectivity index (χ2n) is 8.34. The molecule has 2 heterocycles. The van der Waals surface area contributed by atoms with Gasteiger partial charge in [0.15, 0.2) is 0 Å². The Kier molecular flexibility index (Phi) is 7.75. The highest BCUT2D eigenvalue weighted by Crippen LogP contribution is 2.24. The number of amides is 3. The smallest absolute Gasteiger partial charge is 0.319 e. The van der Waals surface area contributed by atoms with Crippen molar-refractivity contribution in [3.8, 4) is 0 Å². The Bertz CT molecular complexity index is 1050. The Hall–Kier alpha value is -3.16. The molecule has 172 valence electrons. The lowest BCUT2D eigenvalue weighted by Gasteiger charge is -2.36. The van der Waals surface area contributed by atoms with Gasteiger partial charge in [0.05, 0.1) is 6.54 Å². The first-order valence-corrected chi connectivity index (χ1v) is 12.2. The van der Waals surface area contributed by atoms with E-state index in [1.165, 1.54) is 5.56 Å². The van der Waals surface area contributed by atoms with Gasteiger partial charge < -0.3 is 16.0 Å². The van der Waals surface area contributed by atoms with Crippen LogP contribution in [0.25, 0.3) is 0 Å². The summed E-state index contributed by atoms with van der Waals surface area (Å²) in [5, 5.41) is 10.9. The molecule has 6 nitrogen and oxygen atoms in total. The van der Waals surface area contributed by atoms with Crippen molar-refractivity contribution in [2.24, 2.45) is 0 Å². The molecule has 3 N–H and O–H groups in total. The Balaban J connectivity index is 1.24. The highest BCUT2D eigenvalue weighted by Gasteiger charge is 2.24. The van der Waals surface area contributed by atoms with Gasteiger partial charge in [-0.15, -0.1) is 11.3 Å². The molecule has 0 saturated carbocycles. The zero-order valence-corrected chi connectivity index (χ0v) is 19.6. The summed E-state index contributed by atoms with van der Waals surface area (Å²) in [6.07, 6.45) is 1.82. The molecule has 33 heavy (non-hydrogen) atoms. The van der Waals surface area contributed by atoms with Crippen LogP contribution in [0.1, 0.15) is 46.6 Å². The molecular weight excluding hydrogens is 432 g/mol. The van der Waals surface area contributed by atoms with E-state index in [4.69, 9.17) is 0 Å². The van der Waals surface area contributed by atoms with Crippen LogP contribution >= 0.6 is 11.3 Å². The van der Waals surface area contributed by atoms with Gasteiger partial charge in [-0.3, -0.25) is 9.69 Å². The van der Waals surface area contributed by atoms with Crippen molar-refractivity contribution in [1.82, 2.24) is 15.5 Å². The molecular formula is C26H30N4O2S. The van der Waals surface area contributed by atoms with E-state index in [9.17, 15) is 9.59 Å². The van der Waals surface area contributed by atoms with Crippen LogP contribution < -0.4 is 16.0 Å². The van der Waals surface area contributed by atoms with Crippen molar-refractivity contribution in [2.75, 3.05) is 18.4 Å². The standard InChI is InChI=1S/C26H30N4O2S/c1-19(20-7-3-2-4-8-20)30-14-12-22(13-15-30)28-26(32)29-23-10-5-9-21(17-23)25(31)27-18-24-11-6-16-33-24/h2-11,16-17,19,22H,12-15,18H2,1H3,(H,27,31)(H2,28,29,32). The minimum absolute atomic E-state index is 0.140. The highest BCUT2D eigenvalue weighted by molar-refractivity contribution is 7.09. The second-order valence-corrected chi connectivity index (χ2v) is 9.37. The summed E-state index contributed by atoms with van der Waals surface area (Å²) in [4.78, 5) is 28.5. The number of carbonyl (C=O) groups excluding carboxylic acids is 2. The van der Waals surface area contributed by atoms with Crippen molar-refractivity contribution in [3.05, 3.63) is 88.1 Å². The molecule has 1 aromatic heterocycles. The minimum Gasteiger partial charge on any atom is -0.347 e. The van der Waals surface area contributed by atoms with Crippen molar-refractivity contribution in [2.45, 2.75) is 38.4 Å². The normalized spacial score (nSPS) is 15.5. The van der Waals surface area contributed by atoms with E-state index in [1.54, 1.807) is 35.6 Å². The van der Waals surface area contributed by atoms with Gasteiger partial charge >= 0.3 is 6.03 Å². The summed E-state index contributed by atoms with van der Waals surface area (Å²) >= 11 is 1.61. The molecule has 1 aliphatic rings. The average Bonchev–Trinajstić information content (AvgIpc) is 3.37. The number of rotatable bonds is 7.